The Hall–Kier alpha value is -3.11. The van der Waals surface area contributed by atoms with Gasteiger partial charge in [-0.15, -0.1) is 0 Å². The lowest BCUT2D eigenvalue weighted by atomic mass is 9.98. The highest BCUT2D eigenvalue weighted by atomic mass is 16.5. The van der Waals surface area contributed by atoms with E-state index in [-0.39, 0.29) is 18.0 Å². The summed E-state index contributed by atoms with van der Waals surface area (Å²) in [6.45, 7) is 1.92. The average molecular weight is 361 g/mol. The maximum Gasteiger partial charge on any atom is 0.282 e. The monoisotopic (exact) mass is 361 g/mol. The number of rotatable bonds is 7. The standard InChI is InChI=1S/C23H24N2O2/c1-17(23(26)25-20-15-9-10-16-21(20)27-2)24-22(18-11-5-3-6-12-18)19-13-7-4-8-14-19/h3-17,22,24H,1-2H3,(H,25,26)/p+1/t17-/m0/s1. The topological polar surface area (TPSA) is 54.9 Å². The molecule has 0 spiro atoms. The Morgan fingerprint density at radius 3 is 1.93 bits per heavy atom. The number of amides is 1. The van der Waals surface area contributed by atoms with Crippen molar-refractivity contribution in [3.63, 3.8) is 0 Å². The van der Waals surface area contributed by atoms with Gasteiger partial charge in [0.2, 0.25) is 0 Å². The van der Waals surface area contributed by atoms with Gasteiger partial charge in [-0.05, 0) is 19.1 Å². The van der Waals surface area contributed by atoms with Gasteiger partial charge < -0.3 is 15.4 Å². The van der Waals surface area contributed by atoms with Gasteiger partial charge in [0.05, 0.1) is 12.8 Å². The maximum atomic E-state index is 12.8. The van der Waals surface area contributed by atoms with Crippen LogP contribution in [0.3, 0.4) is 0 Å². The number of para-hydroxylation sites is 2. The minimum absolute atomic E-state index is 0.0471. The summed E-state index contributed by atoms with van der Waals surface area (Å²) in [5.74, 6) is 0.595. The van der Waals surface area contributed by atoms with Crippen LogP contribution >= 0.6 is 0 Å². The summed E-state index contributed by atoms with van der Waals surface area (Å²) in [6, 6.07) is 27.7. The van der Waals surface area contributed by atoms with Gasteiger partial charge in [0, 0.05) is 11.1 Å². The lowest BCUT2D eigenvalue weighted by Crippen LogP contribution is -2.92. The molecule has 0 aliphatic heterocycles. The van der Waals surface area contributed by atoms with E-state index in [1.54, 1.807) is 7.11 Å². The third-order valence-electron chi connectivity index (χ3n) is 4.58. The molecule has 27 heavy (non-hydrogen) atoms. The molecule has 0 radical (unpaired) electrons. The van der Waals surface area contributed by atoms with E-state index in [1.165, 1.54) is 11.1 Å². The predicted octanol–water partition coefficient (Wildman–Crippen LogP) is 3.38. The quantitative estimate of drug-likeness (QED) is 0.678. The molecule has 0 bridgehead atoms. The van der Waals surface area contributed by atoms with Gasteiger partial charge in [-0.3, -0.25) is 4.79 Å². The first kappa shape index (κ1) is 18.7. The van der Waals surface area contributed by atoms with Gasteiger partial charge in [0.15, 0.2) is 6.04 Å². The number of anilines is 1. The van der Waals surface area contributed by atoms with Crippen LogP contribution in [-0.2, 0) is 4.79 Å². The zero-order chi connectivity index (χ0) is 19.1. The minimum atomic E-state index is -0.277. The molecule has 0 saturated carbocycles. The molecule has 0 aliphatic rings. The summed E-state index contributed by atoms with van der Waals surface area (Å²) in [5, 5.41) is 5.07. The van der Waals surface area contributed by atoms with E-state index in [0.29, 0.717) is 11.4 Å². The van der Waals surface area contributed by atoms with Gasteiger partial charge in [-0.25, -0.2) is 0 Å². The summed E-state index contributed by atoms with van der Waals surface area (Å²) in [4.78, 5) is 12.8. The highest BCUT2D eigenvalue weighted by Crippen LogP contribution is 2.23. The molecule has 0 aliphatic carbocycles. The van der Waals surface area contributed by atoms with E-state index in [1.807, 2.05) is 67.6 Å². The normalized spacial score (nSPS) is 11.8. The molecular formula is C23H25N2O2+. The molecule has 0 aromatic heterocycles. The second kappa shape index (κ2) is 9.01. The Kier molecular flexibility index (Phi) is 6.23. The Morgan fingerprint density at radius 1 is 0.852 bits per heavy atom. The van der Waals surface area contributed by atoms with Crippen LogP contribution in [0, 0.1) is 0 Å². The molecular weight excluding hydrogens is 336 g/mol. The molecule has 1 atom stereocenters. The van der Waals surface area contributed by atoms with Gasteiger partial charge in [0.25, 0.3) is 5.91 Å². The number of hydrogen-bond acceptors (Lipinski definition) is 2. The summed E-state index contributed by atoms with van der Waals surface area (Å²) >= 11 is 0. The number of carbonyl (C=O) groups excluding carboxylic acids is 1. The van der Waals surface area contributed by atoms with E-state index in [0.717, 1.165) is 0 Å². The second-order valence-corrected chi connectivity index (χ2v) is 6.47. The summed E-state index contributed by atoms with van der Waals surface area (Å²) < 4.78 is 5.32. The lowest BCUT2D eigenvalue weighted by Gasteiger charge is -2.21. The number of quaternary nitrogens is 1. The Bertz CT molecular complexity index is 826. The summed E-state index contributed by atoms with van der Waals surface area (Å²) in [5.41, 5.74) is 3.02. The van der Waals surface area contributed by atoms with E-state index >= 15 is 0 Å². The summed E-state index contributed by atoms with van der Waals surface area (Å²) in [6.07, 6.45) is 0. The first-order chi connectivity index (χ1) is 13.2. The van der Waals surface area contributed by atoms with Crippen LogP contribution in [0.4, 0.5) is 5.69 Å². The number of nitrogens with two attached hydrogens (primary N) is 1. The van der Waals surface area contributed by atoms with Crippen molar-refractivity contribution in [1.29, 1.82) is 0 Å². The maximum absolute atomic E-state index is 12.8. The first-order valence-corrected chi connectivity index (χ1v) is 9.08. The fraction of sp³-hybridized carbons (Fsp3) is 0.174. The van der Waals surface area contributed by atoms with E-state index < -0.39 is 0 Å². The van der Waals surface area contributed by atoms with Gasteiger partial charge >= 0.3 is 0 Å². The van der Waals surface area contributed by atoms with Crippen molar-refractivity contribution >= 4 is 11.6 Å². The van der Waals surface area contributed by atoms with Crippen LogP contribution < -0.4 is 15.4 Å². The van der Waals surface area contributed by atoms with Crippen LogP contribution in [-0.4, -0.2) is 19.1 Å². The van der Waals surface area contributed by atoms with Crippen molar-refractivity contribution in [3.8, 4) is 5.75 Å². The fourth-order valence-corrected chi connectivity index (χ4v) is 3.11. The molecule has 3 rings (SSSR count). The third kappa shape index (κ3) is 4.74. The smallest absolute Gasteiger partial charge is 0.282 e. The van der Waals surface area contributed by atoms with Crippen LogP contribution in [0.2, 0.25) is 0 Å². The first-order valence-electron chi connectivity index (χ1n) is 9.08. The number of nitrogens with one attached hydrogen (secondary N) is 1. The molecule has 0 fully saturated rings. The molecule has 3 N–H and O–H groups in total. The number of hydrogen-bond donors (Lipinski definition) is 2. The molecule has 1 amide bonds. The zero-order valence-electron chi connectivity index (χ0n) is 15.6. The molecule has 138 valence electrons. The molecule has 4 nitrogen and oxygen atoms in total. The minimum Gasteiger partial charge on any atom is -0.495 e. The molecule has 0 unspecified atom stereocenters. The van der Waals surface area contributed by atoms with E-state index in [2.05, 4.69) is 34.9 Å². The Balaban J connectivity index is 1.78. The van der Waals surface area contributed by atoms with Crippen LogP contribution in [0.1, 0.15) is 24.1 Å². The van der Waals surface area contributed by atoms with Crippen molar-refractivity contribution in [2.24, 2.45) is 0 Å². The second-order valence-electron chi connectivity index (χ2n) is 6.47. The fourth-order valence-electron chi connectivity index (χ4n) is 3.11. The molecule has 4 heteroatoms. The zero-order valence-corrected chi connectivity index (χ0v) is 15.6. The van der Waals surface area contributed by atoms with Crippen LogP contribution in [0.25, 0.3) is 0 Å². The van der Waals surface area contributed by atoms with Crippen molar-refractivity contribution in [3.05, 3.63) is 96.1 Å². The molecule has 3 aromatic rings. The lowest BCUT2D eigenvalue weighted by molar-refractivity contribution is -0.704. The van der Waals surface area contributed by atoms with Crippen molar-refractivity contribution in [2.75, 3.05) is 12.4 Å². The van der Waals surface area contributed by atoms with Crippen LogP contribution in [0.5, 0.6) is 5.75 Å². The average Bonchev–Trinajstić information content (AvgIpc) is 2.73. The van der Waals surface area contributed by atoms with Crippen molar-refractivity contribution < 1.29 is 14.8 Å². The number of benzene rings is 3. The Labute approximate surface area is 160 Å². The van der Waals surface area contributed by atoms with Crippen molar-refractivity contribution in [2.45, 2.75) is 19.0 Å². The van der Waals surface area contributed by atoms with Gasteiger partial charge in [-0.2, -0.15) is 0 Å². The van der Waals surface area contributed by atoms with Gasteiger partial charge in [0.1, 0.15) is 11.8 Å². The number of methoxy groups -OCH3 is 1. The number of ether oxygens (including phenoxy) is 1. The largest absolute Gasteiger partial charge is 0.495 e. The van der Waals surface area contributed by atoms with E-state index in [9.17, 15) is 4.79 Å². The molecule has 0 saturated heterocycles. The third-order valence-corrected chi connectivity index (χ3v) is 4.58. The van der Waals surface area contributed by atoms with Crippen molar-refractivity contribution in [1.82, 2.24) is 0 Å². The van der Waals surface area contributed by atoms with Crippen LogP contribution in [0.15, 0.2) is 84.9 Å². The van der Waals surface area contributed by atoms with E-state index in [4.69, 9.17) is 4.74 Å². The summed E-state index contributed by atoms with van der Waals surface area (Å²) in [7, 11) is 1.60. The Morgan fingerprint density at radius 2 is 1.37 bits per heavy atom. The highest BCUT2D eigenvalue weighted by molar-refractivity contribution is 5.94. The van der Waals surface area contributed by atoms with Gasteiger partial charge in [-0.1, -0.05) is 72.8 Å². The molecule has 0 heterocycles. The molecule has 3 aromatic carbocycles. The highest BCUT2D eigenvalue weighted by Gasteiger charge is 2.25. The number of carbonyl (C=O) groups is 1. The predicted molar refractivity (Wildman–Crippen MR) is 108 cm³/mol. The SMILES string of the molecule is COc1ccccc1NC(=O)[C@H](C)[NH2+]C(c1ccccc1)c1ccccc1.